The van der Waals surface area contributed by atoms with Crippen LogP contribution in [0.1, 0.15) is 34.1 Å². The van der Waals surface area contributed by atoms with Gasteiger partial charge in [0.05, 0.1) is 55.1 Å². The summed E-state index contributed by atoms with van der Waals surface area (Å²) in [5.41, 5.74) is -0.0541. The van der Waals surface area contributed by atoms with Gasteiger partial charge < -0.3 is 29.7 Å². The Balaban J connectivity index is 1.85. The van der Waals surface area contributed by atoms with Crippen molar-refractivity contribution in [3.63, 3.8) is 0 Å². The molecule has 0 spiro atoms. The van der Waals surface area contributed by atoms with Gasteiger partial charge in [0.2, 0.25) is 5.91 Å². The van der Waals surface area contributed by atoms with Gasteiger partial charge in [-0.1, -0.05) is 6.92 Å². The highest BCUT2D eigenvalue weighted by Gasteiger charge is 2.59. The highest BCUT2D eigenvalue weighted by Crippen LogP contribution is 2.52. The standard InChI is InChI=1S/C20H31N3O5S/c1-6-21-18(25)13-8-12(9-23(13,5)7-2)29-17-10(3)15-14(11(4)24)19(26)22(15)16(17)20(27)28/h10-15,24H,6-9H2,1-5H3,(H-,21,25,27,28)/t10-,11-,12+,13+,14-,15-,23?/m1/s1. The highest BCUT2D eigenvalue weighted by atomic mass is 32.2. The molecule has 0 bridgehead atoms. The maximum Gasteiger partial charge on any atom is 0.278 e. The van der Waals surface area contributed by atoms with Crippen LogP contribution >= 0.6 is 11.8 Å². The Labute approximate surface area is 175 Å². The van der Waals surface area contributed by atoms with E-state index in [9.17, 15) is 24.6 Å². The number of hydrogen-bond acceptors (Lipinski definition) is 6. The van der Waals surface area contributed by atoms with E-state index in [1.54, 1.807) is 6.92 Å². The molecule has 3 aliphatic rings. The van der Waals surface area contributed by atoms with E-state index in [2.05, 4.69) is 19.3 Å². The minimum atomic E-state index is -1.36. The number of likely N-dealkylation sites (N-methyl/N-ethyl adjacent to an activating group) is 2. The van der Waals surface area contributed by atoms with Crippen molar-refractivity contribution in [2.45, 2.75) is 57.6 Å². The number of fused-ring (bicyclic) bond motifs is 1. The van der Waals surface area contributed by atoms with E-state index in [-0.39, 0.29) is 40.8 Å². The number of carbonyl (C=O) groups excluding carboxylic acids is 3. The summed E-state index contributed by atoms with van der Waals surface area (Å²) in [7, 11) is 2.06. The Hall–Kier alpha value is -1.58. The van der Waals surface area contributed by atoms with Crippen LogP contribution in [-0.4, -0.2) is 82.4 Å². The average molecular weight is 426 g/mol. The van der Waals surface area contributed by atoms with Crippen LogP contribution in [0.15, 0.2) is 10.6 Å². The Kier molecular flexibility index (Phi) is 6.04. The smallest absolute Gasteiger partial charge is 0.278 e. The molecule has 3 rings (SSSR count). The molecule has 2 fully saturated rings. The maximum absolute atomic E-state index is 12.6. The maximum atomic E-state index is 12.6. The fourth-order valence-corrected chi connectivity index (χ4v) is 6.84. The molecule has 3 aliphatic heterocycles. The summed E-state index contributed by atoms with van der Waals surface area (Å²) in [4.78, 5) is 38.9. The summed E-state index contributed by atoms with van der Waals surface area (Å²) >= 11 is 1.47. The number of carboxylic acid groups (broad SMARTS) is 1. The monoisotopic (exact) mass is 425 g/mol. The van der Waals surface area contributed by atoms with Crippen molar-refractivity contribution in [2.75, 3.05) is 26.7 Å². The van der Waals surface area contributed by atoms with Gasteiger partial charge in [0.15, 0.2) is 6.04 Å². The zero-order chi connectivity index (χ0) is 21.7. The van der Waals surface area contributed by atoms with Gasteiger partial charge in [0.25, 0.3) is 5.91 Å². The number of hydrogen-bond donors (Lipinski definition) is 2. The number of amides is 2. The number of aliphatic hydroxyl groups is 1. The Morgan fingerprint density at radius 2 is 2.07 bits per heavy atom. The third-order valence-electron chi connectivity index (χ3n) is 6.83. The minimum absolute atomic E-state index is 0.0293. The normalized spacial score (nSPS) is 37.4. The van der Waals surface area contributed by atoms with Crippen LogP contribution in [0.3, 0.4) is 0 Å². The number of nitrogens with zero attached hydrogens (tertiary/aromatic N) is 2. The molecule has 0 saturated carbocycles. The number of nitrogens with one attached hydrogen (secondary N) is 1. The molecule has 9 heteroatoms. The second-order valence-electron chi connectivity index (χ2n) is 8.62. The van der Waals surface area contributed by atoms with Gasteiger partial charge in [0.1, 0.15) is 0 Å². The molecule has 0 aliphatic carbocycles. The zero-order valence-corrected chi connectivity index (χ0v) is 18.5. The van der Waals surface area contributed by atoms with E-state index in [4.69, 9.17) is 0 Å². The molecule has 1 unspecified atom stereocenters. The second kappa shape index (κ2) is 7.92. The molecule has 0 aromatic heterocycles. The number of β-lactam (4-membered cyclic amide) rings is 1. The van der Waals surface area contributed by atoms with E-state index in [1.807, 2.05) is 13.8 Å². The predicted octanol–water partition coefficient (Wildman–Crippen LogP) is -0.718. The van der Waals surface area contributed by atoms with E-state index < -0.39 is 18.0 Å². The number of quaternary nitrogens is 1. The highest BCUT2D eigenvalue weighted by molar-refractivity contribution is 8.03. The molecule has 0 aromatic rings. The Morgan fingerprint density at radius 3 is 2.59 bits per heavy atom. The largest absolute Gasteiger partial charge is 0.543 e. The predicted molar refractivity (Wildman–Crippen MR) is 107 cm³/mol. The molecule has 0 radical (unpaired) electrons. The van der Waals surface area contributed by atoms with Gasteiger partial charge >= 0.3 is 0 Å². The molecule has 2 amide bonds. The third kappa shape index (κ3) is 3.47. The summed E-state index contributed by atoms with van der Waals surface area (Å²) in [6.07, 6.45) is -0.178. The van der Waals surface area contributed by atoms with Crippen LogP contribution < -0.4 is 10.4 Å². The first kappa shape index (κ1) is 22.1. The van der Waals surface area contributed by atoms with Crippen LogP contribution in [0.25, 0.3) is 0 Å². The lowest BCUT2D eigenvalue weighted by Crippen LogP contribution is -2.64. The van der Waals surface area contributed by atoms with Crippen LogP contribution in [0.5, 0.6) is 0 Å². The van der Waals surface area contributed by atoms with Crippen molar-refractivity contribution < 1.29 is 29.1 Å². The molecule has 2 N–H and O–H groups in total. The average Bonchev–Trinajstić information content (AvgIpc) is 3.09. The number of aliphatic carboxylic acids is 1. The number of likely N-dealkylation sites (tertiary alicyclic amines) is 1. The minimum Gasteiger partial charge on any atom is -0.543 e. The topological polar surface area (TPSA) is 110 Å². The lowest BCUT2D eigenvalue weighted by molar-refractivity contribution is -0.910. The Morgan fingerprint density at radius 1 is 1.41 bits per heavy atom. The molecule has 162 valence electrons. The van der Waals surface area contributed by atoms with Crippen molar-refractivity contribution in [3.05, 3.63) is 10.6 Å². The fraction of sp³-hybridized carbons (Fsp3) is 0.750. The number of rotatable bonds is 7. The number of aliphatic hydroxyl groups excluding tert-OH is 1. The molecular formula is C20H31N3O5S. The van der Waals surface area contributed by atoms with Crippen LogP contribution in [0, 0.1) is 11.8 Å². The van der Waals surface area contributed by atoms with Gasteiger partial charge in [-0.25, -0.2) is 0 Å². The first-order valence-electron chi connectivity index (χ1n) is 10.3. The second-order valence-corrected chi connectivity index (χ2v) is 9.96. The van der Waals surface area contributed by atoms with Gasteiger partial charge in [0, 0.05) is 23.8 Å². The first-order chi connectivity index (χ1) is 13.6. The lowest BCUT2D eigenvalue weighted by atomic mass is 9.79. The van der Waals surface area contributed by atoms with Crippen molar-refractivity contribution in [3.8, 4) is 0 Å². The number of carbonyl (C=O) groups is 3. The Bertz CT molecular complexity index is 754. The van der Waals surface area contributed by atoms with E-state index in [0.29, 0.717) is 22.4 Å². The quantitative estimate of drug-likeness (QED) is 0.412. The number of thioether (sulfide) groups is 1. The molecule has 8 nitrogen and oxygen atoms in total. The lowest BCUT2D eigenvalue weighted by Gasteiger charge is -2.47. The van der Waals surface area contributed by atoms with E-state index >= 15 is 0 Å². The van der Waals surface area contributed by atoms with E-state index in [1.165, 1.54) is 16.7 Å². The summed E-state index contributed by atoms with van der Waals surface area (Å²) in [6, 6.07) is -0.518. The van der Waals surface area contributed by atoms with Gasteiger partial charge in [-0.05, 0) is 20.8 Å². The zero-order valence-electron chi connectivity index (χ0n) is 17.7. The van der Waals surface area contributed by atoms with Gasteiger partial charge in [-0.15, -0.1) is 11.8 Å². The fourth-order valence-electron chi connectivity index (χ4n) is 5.14. The van der Waals surface area contributed by atoms with Crippen LogP contribution in [0.2, 0.25) is 0 Å². The van der Waals surface area contributed by atoms with Crippen LogP contribution in [0.4, 0.5) is 0 Å². The first-order valence-corrected chi connectivity index (χ1v) is 11.2. The molecule has 29 heavy (non-hydrogen) atoms. The summed E-state index contributed by atoms with van der Waals surface area (Å²) in [5.74, 6) is -2.45. The number of carboxylic acids is 1. The molecule has 2 saturated heterocycles. The van der Waals surface area contributed by atoms with Crippen molar-refractivity contribution >= 4 is 29.5 Å². The van der Waals surface area contributed by atoms with Crippen molar-refractivity contribution in [1.82, 2.24) is 10.2 Å². The van der Waals surface area contributed by atoms with Crippen molar-refractivity contribution in [2.24, 2.45) is 11.8 Å². The van der Waals surface area contributed by atoms with Gasteiger partial charge in [-0.3, -0.25) is 9.59 Å². The summed E-state index contributed by atoms with van der Waals surface area (Å²) in [5, 5.41) is 24.8. The summed E-state index contributed by atoms with van der Waals surface area (Å²) in [6.45, 7) is 9.55. The molecule has 7 atom stereocenters. The SMILES string of the molecule is CCNC(=O)[C@@H]1C[C@H](SC2=C(C(=O)[O-])N3C(=O)[C@H]([C@@H](C)O)[C@H]3[C@H]2C)C[N+]1(C)CC. The summed E-state index contributed by atoms with van der Waals surface area (Å²) < 4.78 is 0.605. The third-order valence-corrected chi connectivity index (χ3v) is 8.32. The molecule has 0 aromatic carbocycles. The molecule has 3 heterocycles. The van der Waals surface area contributed by atoms with Gasteiger partial charge in [-0.2, -0.15) is 0 Å². The van der Waals surface area contributed by atoms with E-state index in [0.717, 1.165) is 13.1 Å². The van der Waals surface area contributed by atoms with Crippen LogP contribution in [-0.2, 0) is 14.4 Å². The van der Waals surface area contributed by atoms with Crippen molar-refractivity contribution in [1.29, 1.82) is 0 Å². The molecular weight excluding hydrogens is 394 g/mol.